The fraction of sp³-hybridized carbons (Fsp3) is 0.320. The minimum atomic E-state index is -1.32. The SMILES string of the molecule is COC(=O)C1=C(NC(=O)CCc2nc(-c3ccc(F)cn3)no2)CC(C)(c2cc(F)cc(F)c2F)CC1. The molecule has 1 atom stereocenters. The maximum absolute atomic E-state index is 14.6. The first-order valence-corrected chi connectivity index (χ1v) is 11.3. The number of aryl methyl sites for hydroxylation is 1. The van der Waals surface area contributed by atoms with E-state index in [1.54, 1.807) is 6.92 Å². The number of hydrogen-bond acceptors (Lipinski definition) is 7. The molecular formula is C25H22F4N4O4. The molecule has 12 heteroatoms. The number of benzene rings is 1. The second-order valence-electron chi connectivity index (χ2n) is 8.86. The number of nitrogens with one attached hydrogen (secondary N) is 1. The summed E-state index contributed by atoms with van der Waals surface area (Å²) in [7, 11) is 1.19. The number of allylic oxidation sites excluding steroid dienone is 1. The van der Waals surface area contributed by atoms with Crippen molar-refractivity contribution in [1.29, 1.82) is 0 Å². The van der Waals surface area contributed by atoms with Gasteiger partial charge in [0.25, 0.3) is 0 Å². The number of nitrogens with zero attached hydrogens (tertiary/aromatic N) is 3. The third kappa shape index (κ3) is 5.68. The molecule has 1 aliphatic rings. The quantitative estimate of drug-likeness (QED) is 0.282. The molecule has 0 saturated heterocycles. The summed E-state index contributed by atoms with van der Waals surface area (Å²) in [4.78, 5) is 33.1. The number of ether oxygens (including phenoxy) is 1. The highest BCUT2D eigenvalue weighted by atomic mass is 19.2. The average molecular weight is 518 g/mol. The van der Waals surface area contributed by atoms with Crippen LogP contribution in [-0.2, 0) is 26.2 Å². The van der Waals surface area contributed by atoms with E-state index < -0.39 is 40.6 Å². The van der Waals surface area contributed by atoms with Crippen LogP contribution in [0.25, 0.3) is 11.5 Å². The summed E-state index contributed by atoms with van der Waals surface area (Å²) in [6.45, 7) is 1.61. The Balaban J connectivity index is 1.49. The fourth-order valence-electron chi connectivity index (χ4n) is 4.25. The van der Waals surface area contributed by atoms with Crippen molar-refractivity contribution < 1.29 is 36.4 Å². The number of rotatable bonds is 7. The summed E-state index contributed by atoms with van der Waals surface area (Å²) >= 11 is 0. The van der Waals surface area contributed by atoms with Crippen molar-refractivity contribution in [2.24, 2.45) is 0 Å². The zero-order valence-electron chi connectivity index (χ0n) is 19.9. The van der Waals surface area contributed by atoms with Crippen LogP contribution in [0.1, 0.15) is 44.1 Å². The Morgan fingerprint density at radius 2 is 1.95 bits per heavy atom. The van der Waals surface area contributed by atoms with Crippen molar-refractivity contribution in [2.75, 3.05) is 7.11 Å². The molecule has 0 spiro atoms. The second kappa shape index (κ2) is 10.5. The topological polar surface area (TPSA) is 107 Å². The van der Waals surface area contributed by atoms with E-state index in [9.17, 15) is 27.2 Å². The lowest BCUT2D eigenvalue weighted by Gasteiger charge is -2.36. The number of amides is 1. The van der Waals surface area contributed by atoms with Gasteiger partial charge in [-0.25, -0.2) is 27.3 Å². The van der Waals surface area contributed by atoms with E-state index in [2.05, 4.69) is 20.4 Å². The van der Waals surface area contributed by atoms with Crippen LogP contribution in [0, 0.1) is 23.3 Å². The van der Waals surface area contributed by atoms with Crippen LogP contribution in [-0.4, -0.2) is 34.1 Å². The minimum absolute atomic E-state index is 0.0435. The molecule has 0 saturated carbocycles. The zero-order valence-corrected chi connectivity index (χ0v) is 19.9. The number of aromatic nitrogens is 3. The van der Waals surface area contributed by atoms with Crippen molar-refractivity contribution in [3.63, 3.8) is 0 Å². The first-order valence-electron chi connectivity index (χ1n) is 11.3. The number of hydrogen-bond donors (Lipinski definition) is 1. The smallest absolute Gasteiger partial charge is 0.335 e. The van der Waals surface area contributed by atoms with Gasteiger partial charge in [0.2, 0.25) is 17.6 Å². The number of carbonyl (C=O) groups is 2. The summed E-state index contributed by atoms with van der Waals surface area (Å²) < 4.78 is 65.4. The minimum Gasteiger partial charge on any atom is -0.466 e. The number of methoxy groups -OCH3 is 1. The fourth-order valence-corrected chi connectivity index (χ4v) is 4.25. The lowest BCUT2D eigenvalue weighted by atomic mass is 9.70. The second-order valence-corrected chi connectivity index (χ2v) is 8.86. The van der Waals surface area contributed by atoms with Gasteiger partial charge in [0, 0.05) is 35.6 Å². The normalized spacial score (nSPS) is 17.6. The van der Waals surface area contributed by atoms with Crippen LogP contribution in [0.3, 0.4) is 0 Å². The van der Waals surface area contributed by atoms with Crippen LogP contribution in [0.15, 0.2) is 46.3 Å². The average Bonchev–Trinajstić information content (AvgIpc) is 3.34. The molecule has 1 unspecified atom stereocenters. The van der Waals surface area contributed by atoms with Crippen LogP contribution >= 0.6 is 0 Å². The Hall–Kier alpha value is -4.09. The van der Waals surface area contributed by atoms with Gasteiger partial charge in [-0.2, -0.15) is 4.98 Å². The molecule has 0 radical (unpaired) electrons. The molecule has 3 aromatic rings. The summed E-state index contributed by atoms with van der Waals surface area (Å²) in [5.41, 5.74) is -0.634. The summed E-state index contributed by atoms with van der Waals surface area (Å²) in [6, 6.07) is 3.95. The maximum Gasteiger partial charge on any atom is 0.335 e. The predicted octanol–water partition coefficient (Wildman–Crippen LogP) is 4.31. The largest absolute Gasteiger partial charge is 0.466 e. The lowest BCUT2D eigenvalue weighted by molar-refractivity contribution is -0.136. The van der Waals surface area contributed by atoms with Crippen LogP contribution in [0.2, 0.25) is 0 Å². The number of pyridine rings is 1. The van der Waals surface area contributed by atoms with Gasteiger partial charge in [0.15, 0.2) is 11.6 Å². The van der Waals surface area contributed by atoms with E-state index in [4.69, 9.17) is 9.26 Å². The van der Waals surface area contributed by atoms with Gasteiger partial charge >= 0.3 is 5.97 Å². The molecule has 1 aliphatic carbocycles. The Morgan fingerprint density at radius 1 is 1.16 bits per heavy atom. The van der Waals surface area contributed by atoms with Crippen LogP contribution < -0.4 is 5.32 Å². The van der Waals surface area contributed by atoms with Gasteiger partial charge in [-0.15, -0.1) is 0 Å². The highest BCUT2D eigenvalue weighted by molar-refractivity contribution is 5.91. The van der Waals surface area contributed by atoms with Crippen molar-refractivity contribution in [2.45, 2.75) is 44.4 Å². The third-order valence-electron chi connectivity index (χ3n) is 6.21. The molecule has 8 nitrogen and oxygen atoms in total. The van der Waals surface area contributed by atoms with E-state index >= 15 is 0 Å². The number of halogens is 4. The van der Waals surface area contributed by atoms with E-state index in [0.717, 1.165) is 12.3 Å². The summed E-state index contributed by atoms with van der Waals surface area (Å²) in [5.74, 6) is -4.88. The van der Waals surface area contributed by atoms with Crippen LogP contribution in [0.4, 0.5) is 17.6 Å². The first kappa shape index (κ1) is 26.0. The molecule has 0 fully saturated rings. The number of esters is 1. The Labute approximate surface area is 208 Å². The predicted molar refractivity (Wildman–Crippen MR) is 121 cm³/mol. The van der Waals surface area contributed by atoms with Gasteiger partial charge < -0.3 is 14.6 Å². The van der Waals surface area contributed by atoms with Gasteiger partial charge in [0.05, 0.1) is 18.9 Å². The first-order chi connectivity index (χ1) is 17.6. The highest BCUT2D eigenvalue weighted by Crippen LogP contribution is 2.43. The molecule has 1 amide bonds. The van der Waals surface area contributed by atoms with Crippen LogP contribution in [0.5, 0.6) is 0 Å². The Kier molecular flexibility index (Phi) is 7.37. The molecule has 194 valence electrons. The summed E-state index contributed by atoms with van der Waals surface area (Å²) in [6.07, 6.45) is 1.15. The molecular weight excluding hydrogens is 496 g/mol. The standard InChI is InChI=1S/C25H22F4N4O4/c1-25(16-9-14(27)10-17(28)22(16)29)8-7-15(24(35)36-2)19(11-25)31-20(34)5-6-21-32-23(33-37-21)18-4-3-13(26)12-30-18/h3-4,9-10,12H,5-8,11H2,1-2H3,(H,31,34). The van der Waals surface area contributed by atoms with E-state index in [0.29, 0.717) is 6.07 Å². The summed E-state index contributed by atoms with van der Waals surface area (Å²) in [5, 5.41) is 6.42. The van der Waals surface area contributed by atoms with Crippen molar-refractivity contribution in [1.82, 2.24) is 20.4 Å². The van der Waals surface area contributed by atoms with Gasteiger partial charge in [-0.05, 0) is 37.5 Å². The molecule has 37 heavy (non-hydrogen) atoms. The Bertz CT molecular complexity index is 1370. The van der Waals surface area contributed by atoms with E-state index in [1.165, 1.54) is 19.2 Å². The third-order valence-corrected chi connectivity index (χ3v) is 6.21. The molecule has 0 bridgehead atoms. The van der Waals surface area contributed by atoms with Crippen molar-refractivity contribution in [3.05, 3.63) is 76.5 Å². The molecule has 0 aliphatic heterocycles. The molecule has 1 aromatic carbocycles. The van der Waals surface area contributed by atoms with Gasteiger partial charge in [-0.3, -0.25) is 4.79 Å². The maximum atomic E-state index is 14.6. The lowest BCUT2D eigenvalue weighted by Crippen LogP contribution is -2.36. The zero-order chi connectivity index (χ0) is 26.7. The van der Waals surface area contributed by atoms with Crippen molar-refractivity contribution >= 4 is 11.9 Å². The van der Waals surface area contributed by atoms with Gasteiger partial charge in [-0.1, -0.05) is 12.1 Å². The van der Waals surface area contributed by atoms with E-state index in [-0.39, 0.29) is 66.3 Å². The van der Waals surface area contributed by atoms with Crippen molar-refractivity contribution in [3.8, 4) is 11.5 Å². The molecule has 4 rings (SSSR count). The highest BCUT2D eigenvalue weighted by Gasteiger charge is 2.38. The molecule has 2 heterocycles. The van der Waals surface area contributed by atoms with E-state index in [1.807, 2.05) is 0 Å². The molecule has 2 aromatic heterocycles. The molecule has 1 N–H and O–H groups in total. The monoisotopic (exact) mass is 518 g/mol. The van der Waals surface area contributed by atoms with Gasteiger partial charge in [0.1, 0.15) is 17.3 Å². The number of carbonyl (C=O) groups excluding carboxylic acids is 2. The Morgan fingerprint density at radius 3 is 2.65 bits per heavy atom.